The summed E-state index contributed by atoms with van der Waals surface area (Å²) in [5, 5.41) is 23.0. The molecule has 0 saturated heterocycles. The number of nitro groups is 1. The highest BCUT2D eigenvalue weighted by Gasteiger charge is 2.12. The molecule has 0 bridgehead atoms. The Labute approximate surface area is 175 Å². The van der Waals surface area contributed by atoms with Crippen LogP contribution >= 0.6 is 11.3 Å². The molecule has 7 nitrogen and oxygen atoms in total. The van der Waals surface area contributed by atoms with Crippen molar-refractivity contribution < 1.29 is 4.92 Å². The smallest absolute Gasteiger partial charge is 0.269 e. The second kappa shape index (κ2) is 7.49. The molecule has 0 saturated carbocycles. The Hall–Kier alpha value is -3.91. The number of nitro benzene ring substituents is 1. The Morgan fingerprint density at radius 1 is 0.933 bits per heavy atom. The summed E-state index contributed by atoms with van der Waals surface area (Å²) in [7, 11) is 0. The molecule has 8 heteroatoms. The second-order valence-corrected chi connectivity index (χ2v) is 7.75. The molecule has 0 atom stereocenters. The topological polar surface area (TPSA) is 86.2 Å². The Balaban J connectivity index is 1.42. The fourth-order valence-corrected chi connectivity index (χ4v) is 4.15. The van der Waals surface area contributed by atoms with Gasteiger partial charge in [0.25, 0.3) is 5.69 Å². The Morgan fingerprint density at radius 2 is 1.57 bits per heavy atom. The van der Waals surface area contributed by atoms with E-state index in [-0.39, 0.29) is 5.69 Å². The van der Waals surface area contributed by atoms with Gasteiger partial charge in [0.1, 0.15) is 5.01 Å². The normalized spacial score (nSPS) is 11.6. The monoisotopic (exact) mass is 413 g/mol. The first-order chi connectivity index (χ1) is 14.7. The van der Waals surface area contributed by atoms with Gasteiger partial charge in [0.15, 0.2) is 0 Å². The highest BCUT2D eigenvalue weighted by molar-refractivity contribution is 7.14. The fourth-order valence-electron chi connectivity index (χ4n) is 3.48. The SMILES string of the molecule is O=[N+]([O-])c1ccc(/C=N/c2nnc(Cn3c4ccccc4c4ccccc43)s2)cc1. The van der Waals surface area contributed by atoms with Crippen molar-refractivity contribution in [3.63, 3.8) is 0 Å². The van der Waals surface area contributed by atoms with Gasteiger partial charge < -0.3 is 4.57 Å². The molecule has 2 aromatic heterocycles. The molecule has 146 valence electrons. The van der Waals surface area contributed by atoms with Crippen LogP contribution in [0, 0.1) is 10.1 Å². The largest absolute Gasteiger partial charge is 0.333 e. The number of para-hydroxylation sites is 2. The van der Waals surface area contributed by atoms with Crippen molar-refractivity contribution in [2.24, 2.45) is 4.99 Å². The lowest BCUT2D eigenvalue weighted by Crippen LogP contribution is -1.98. The maximum atomic E-state index is 10.7. The average molecular weight is 413 g/mol. The van der Waals surface area contributed by atoms with E-state index < -0.39 is 4.92 Å². The van der Waals surface area contributed by atoms with Gasteiger partial charge in [-0.25, -0.2) is 4.99 Å². The summed E-state index contributed by atoms with van der Waals surface area (Å²) in [6, 6.07) is 22.9. The summed E-state index contributed by atoms with van der Waals surface area (Å²) in [5.74, 6) is 0. The molecule has 0 aliphatic heterocycles. The predicted octanol–water partition coefficient (Wildman–Crippen LogP) is 5.35. The van der Waals surface area contributed by atoms with Crippen LogP contribution in [0.1, 0.15) is 10.6 Å². The number of hydrogen-bond acceptors (Lipinski definition) is 6. The summed E-state index contributed by atoms with van der Waals surface area (Å²) in [5.41, 5.74) is 3.13. The van der Waals surface area contributed by atoms with Crippen molar-refractivity contribution >= 4 is 50.2 Å². The zero-order valence-electron chi connectivity index (χ0n) is 15.7. The van der Waals surface area contributed by atoms with Crippen LogP contribution in [0.3, 0.4) is 0 Å². The van der Waals surface area contributed by atoms with E-state index in [2.05, 4.69) is 56.2 Å². The molecule has 3 aromatic carbocycles. The van der Waals surface area contributed by atoms with Crippen molar-refractivity contribution in [1.82, 2.24) is 14.8 Å². The summed E-state index contributed by atoms with van der Waals surface area (Å²) >= 11 is 1.43. The van der Waals surface area contributed by atoms with E-state index in [0.29, 0.717) is 11.7 Å². The summed E-state index contributed by atoms with van der Waals surface area (Å²) in [6.45, 7) is 0.610. The molecule has 0 amide bonds. The number of aliphatic imine (C=N–C) groups is 1. The van der Waals surface area contributed by atoms with Gasteiger partial charge in [0.2, 0.25) is 5.13 Å². The maximum Gasteiger partial charge on any atom is 0.269 e. The molecule has 5 aromatic rings. The molecule has 2 heterocycles. The van der Waals surface area contributed by atoms with Gasteiger partial charge in [-0.2, -0.15) is 0 Å². The highest BCUT2D eigenvalue weighted by Crippen LogP contribution is 2.30. The summed E-state index contributed by atoms with van der Waals surface area (Å²) < 4.78 is 2.25. The quantitative estimate of drug-likeness (QED) is 0.221. The first-order valence-electron chi connectivity index (χ1n) is 9.26. The molecule has 0 N–H and O–H groups in total. The van der Waals surface area contributed by atoms with Crippen molar-refractivity contribution in [2.75, 3.05) is 0 Å². The van der Waals surface area contributed by atoms with Gasteiger partial charge >= 0.3 is 0 Å². The lowest BCUT2D eigenvalue weighted by molar-refractivity contribution is -0.384. The van der Waals surface area contributed by atoms with Crippen LogP contribution in [0.5, 0.6) is 0 Å². The van der Waals surface area contributed by atoms with E-state index in [1.54, 1.807) is 18.3 Å². The number of nitrogens with zero attached hydrogens (tertiary/aromatic N) is 5. The van der Waals surface area contributed by atoms with E-state index in [4.69, 9.17) is 0 Å². The highest BCUT2D eigenvalue weighted by atomic mass is 32.1. The zero-order valence-corrected chi connectivity index (χ0v) is 16.5. The molecular formula is C22H15N5O2S. The van der Waals surface area contributed by atoms with Gasteiger partial charge in [-0.1, -0.05) is 47.7 Å². The van der Waals surface area contributed by atoms with Gasteiger partial charge in [0.05, 0.1) is 11.5 Å². The number of hydrogen-bond donors (Lipinski definition) is 0. The molecule has 0 aliphatic rings. The lowest BCUT2D eigenvalue weighted by Gasteiger charge is -2.04. The number of benzene rings is 3. The zero-order chi connectivity index (χ0) is 20.5. The van der Waals surface area contributed by atoms with Crippen molar-refractivity contribution in [1.29, 1.82) is 0 Å². The van der Waals surface area contributed by atoms with Crippen molar-refractivity contribution in [2.45, 2.75) is 6.54 Å². The predicted molar refractivity (Wildman–Crippen MR) is 119 cm³/mol. The molecule has 30 heavy (non-hydrogen) atoms. The standard InChI is InChI=1S/C22H15N5O2S/c28-27(29)16-11-9-15(10-12-16)13-23-22-25-24-21(30-22)14-26-19-7-3-1-5-17(19)18-6-2-4-8-20(18)26/h1-13H,14H2/b23-13+. The third kappa shape index (κ3) is 3.33. The maximum absolute atomic E-state index is 10.7. The van der Waals surface area contributed by atoms with Gasteiger partial charge in [-0.05, 0) is 29.8 Å². The number of non-ortho nitro benzene ring substituents is 1. The minimum Gasteiger partial charge on any atom is -0.333 e. The second-order valence-electron chi connectivity index (χ2n) is 6.71. The van der Waals surface area contributed by atoms with Gasteiger partial charge in [0, 0.05) is 40.2 Å². The molecule has 0 radical (unpaired) electrons. The van der Waals surface area contributed by atoms with E-state index >= 15 is 0 Å². The fraction of sp³-hybridized carbons (Fsp3) is 0.0455. The van der Waals surface area contributed by atoms with Crippen molar-refractivity contribution in [3.8, 4) is 0 Å². The van der Waals surface area contributed by atoms with Crippen molar-refractivity contribution in [3.05, 3.63) is 93.5 Å². The van der Waals surface area contributed by atoms with Gasteiger partial charge in [-0.3, -0.25) is 10.1 Å². The van der Waals surface area contributed by atoms with Crippen LogP contribution in [0.4, 0.5) is 10.8 Å². The Kier molecular flexibility index (Phi) is 4.53. The van der Waals surface area contributed by atoms with Gasteiger partial charge in [-0.15, -0.1) is 10.2 Å². The minimum absolute atomic E-state index is 0.0523. The molecule has 5 rings (SSSR count). The molecular weight excluding hydrogens is 398 g/mol. The van der Waals surface area contributed by atoms with E-state index in [1.165, 1.54) is 34.2 Å². The van der Waals surface area contributed by atoms with Crippen LogP contribution in [0.15, 0.2) is 77.8 Å². The number of rotatable bonds is 5. The molecule has 0 aliphatic carbocycles. The summed E-state index contributed by atoms with van der Waals surface area (Å²) in [4.78, 5) is 14.7. The van der Waals surface area contributed by atoms with Crippen LogP contribution in [0.2, 0.25) is 0 Å². The Morgan fingerprint density at radius 3 is 2.20 bits per heavy atom. The number of fused-ring (bicyclic) bond motifs is 3. The molecule has 0 unspecified atom stereocenters. The first-order valence-corrected chi connectivity index (χ1v) is 10.1. The van der Waals surface area contributed by atoms with Crippen LogP contribution < -0.4 is 0 Å². The van der Waals surface area contributed by atoms with E-state index in [0.717, 1.165) is 21.6 Å². The van der Waals surface area contributed by atoms with Crippen LogP contribution in [0.25, 0.3) is 21.8 Å². The first kappa shape index (κ1) is 18.1. The molecule has 0 fully saturated rings. The van der Waals surface area contributed by atoms with E-state index in [1.807, 2.05) is 12.1 Å². The van der Waals surface area contributed by atoms with Crippen LogP contribution in [-0.4, -0.2) is 25.9 Å². The minimum atomic E-state index is -0.424. The third-order valence-corrected chi connectivity index (χ3v) is 5.67. The third-order valence-electron chi connectivity index (χ3n) is 4.86. The lowest BCUT2D eigenvalue weighted by atomic mass is 10.2. The Bertz CT molecular complexity index is 1350. The summed E-state index contributed by atoms with van der Waals surface area (Å²) in [6.07, 6.45) is 1.63. The van der Waals surface area contributed by atoms with Crippen LogP contribution in [-0.2, 0) is 6.54 Å². The number of aromatic nitrogens is 3. The molecule has 0 spiro atoms. The van der Waals surface area contributed by atoms with E-state index in [9.17, 15) is 10.1 Å². The average Bonchev–Trinajstić information content (AvgIpc) is 3.36.